The third-order valence-corrected chi connectivity index (χ3v) is 4.80. The lowest BCUT2D eigenvalue weighted by molar-refractivity contribution is -0.137. The normalized spacial score (nSPS) is 13.6. The molecule has 0 heterocycles. The van der Waals surface area contributed by atoms with Gasteiger partial charge in [-0.3, -0.25) is 4.21 Å². The molecule has 0 fully saturated rings. The first-order valence-corrected chi connectivity index (χ1v) is 7.76. The lowest BCUT2D eigenvalue weighted by Gasteiger charge is -2.10. The van der Waals surface area contributed by atoms with Crippen LogP contribution in [0.15, 0.2) is 23.1 Å². The number of nitrogen functional groups attached to an aromatic ring is 1. The summed E-state index contributed by atoms with van der Waals surface area (Å²) in [4.78, 5) is 0.278. The Labute approximate surface area is 111 Å². The molecule has 2 N–H and O–H groups in total. The number of rotatable bonds is 5. The minimum absolute atomic E-state index is 0.0651. The van der Waals surface area contributed by atoms with Crippen LogP contribution in [0.3, 0.4) is 0 Å². The van der Waals surface area contributed by atoms with Gasteiger partial charge in [0, 0.05) is 17.2 Å². The van der Waals surface area contributed by atoms with Gasteiger partial charge >= 0.3 is 6.18 Å². The largest absolute Gasteiger partial charge is 0.416 e. The molecule has 102 valence electrons. The molecule has 0 aliphatic rings. The minimum Gasteiger partial charge on any atom is -0.398 e. The minimum atomic E-state index is -4.42. The Kier molecular flexibility index (Phi) is 5.52. The number of alkyl halides is 3. The van der Waals surface area contributed by atoms with Crippen molar-refractivity contribution in [2.45, 2.75) is 18.0 Å². The Morgan fingerprint density at radius 2 is 2.06 bits per heavy atom. The highest BCUT2D eigenvalue weighted by Crippen LogP contribution is 2.32. The molecule has 2 nitrogen and oxygen atoms in total. The van der Waals surface area contributed by atoms with Crippen molar-refractivity contribution in [3.63, 3.8) is 0 Å². The van der Waals surface area contributed by atoms with E-state index in [1.807, 2.05) is 6.92 Å². The van der Waals surface area contributed by atoms with E-state index < -0.39 is 22.5 Å². The fourth-order valence-corrected chi connectivity index (χ4v) is 3.45. The van der Waals surface area contributed by atoms with Gasteiger partial charge in [0.05, 0.1) is 21.3 Å². The summed E-state index contributed by atoms with van der Waals surface area (Å²) in [6.45, 7) is 1.99. The van der Waals surface area contributed by atoms with Crippen LogP contribution in [-0.4, -0.2) is 21.5 Å². The van der Waals surface area contributed by atoms with Gasteiger partial charge in [-0.25, -0.2) is 0 Å². The van der Waals surface area contributed by atoms with E-state index in [0.29, 0.717) is 11.5 Å². The summed E-state index contributed by atoms with van der Waals surface area (Å²) in [5, 5.41) is 0. The van der Waals surface area contributed by atoms with E-state index in [1.54, 1.807) is 11.8 Å². The molecule has 0 saturated heterocycles. The third-order valence-electron chi connectivity index (χ3n) is 2.20. The smallest absolute Gasteiger partial charge is 0.398 e. The Morgan fingerprint density at radius 3 is 2.56 bits per heavy atom. The van der Waals surface area contributed by atoms with E-state index in [9.17, 15) is 17.4 Å². The van der Waals surface area contributed by atoms with Gasteiger partial charge in [-0.2, -0.15) is 24.9 Å². The molecule has 0 radical (unpaired) electrons. The summed E-state index contributed by atoms with van der Waals surface area (Å²) in [5.41, 5.74) is 4.64. The average Bonchev–Trinajstić information content (AvgIpc) is 2.27. The van der Waals surface area contributed by atoms with E-state index in [4.69, 9.17) is 5.73 Å². The number of benzene rings is 1. The quantitative estimate of drug-likeness (QED) is 0.670. The van der Waals surface area contributed by atoms with Crippen LogP contribution in [-0.2, 0) is 17.0 Å². The van der Waals surface area contributed by atoms with Gasteiger partial charge in [-0.05, 0) is 24.0 Å². The van der Waals surface area contributed by atoms with Gasteiger partial charge in [0.2, 0.25) is 0 Å². The van der Waals surface area contributed by atoms with E-state index >= 15 is 0 Å². The van der Waals surface area contributed by atoms with Gasteiger partial charge in [0.15, 0.2) is 0 Å². The van der Waals surface area contributed by atoms with Crippen molar-refractivity contribution in [3.05, 3.63) is 23.8 Å². The van der Waals surface area contributed by atoms with Gasteiger partial charge < -0.3 is 5.73 Å². The molecular weight excluding hydrogens is 283 g/mol. The zero-order valence-corrected chi connectivity index (χ0v) is 11.4. The molecule has 0 aliphatic heterocycles. The summed E-state index contributed by atoms with van der Waals surface area (Å²) in [5.74, 6) is 2.01. The molecule has 1 aromatic rings. The number of hydrogen-bond donors (Lipinski definition) is 1. The van der Waals surface area contributed by atoms with Gasteiger partial charge in [0.1, 0.15) is 0 Å². The predicted octanol–water partition coefficient (Wildman–Crippen LogP) is 3.15. The van der Waals surface area contributed by atoms with Crippen LogP contribution in [0.4, 0.5) is 18.9 Å². The number of hydrogen-bond acceptors (Lipinski definition) is 3. The molecule has 1 rings (SSSR count). The first-order valence-electron chi connectivity index (χ1n) is 5.29. The van der Waals surface area contributed by atoms with Gasteiger partial charge in [-0.15, -0.1) is 0 Å². The molecular formula is C11H14F3NOS2. The maximum atomic E-state index is 12.4. The molecule has 1 atom stereocenters. The Balaban J connectivity index is 2.82. The molecule has 18 heavy (non-hydrogen) atoms. The molecule has 0 aliphatic carbocycles. The zero-order valence-electron chi connectivity index (χ0n) is 9.79. The summed E-state index contributed by atoms with van der Waals surface area (Å²) >= 11 is 1.63. The van der Waals surface area contributed by atoms with Crippen molar-refractivity contribution < 1.29 is 17.4 Å². The molecule has 0 spiro atoms. The van der Waals surface area contributed by atoms with Crippen molar-refractivity contribution in [1.29, 1.82) is 0 Å². The molecule has 7 heteroatoms. The van der Waals surface area contributed by atoms with Crippen LogP contribution < -0.4 is 5.73 Å². The summed E-state index contributed by atoms with van der Waals surface area (Å²) < 4.78 is 49.1. The number of anilines is 1. The van der Waals surface area contributed by atoms with Crippen molar-refractivity contribution in [2.75, 3.05) is 23.0 Å². The second-order valence-corrected chi connectivity index (χ2v) is 6.43. The topological polar surface area (TPSA) is 43.1 Å². The summed E-state index contributed by atoms with van der Waals surface area (Å²) in [6.07, 6.45) is -4.42. The van der Waals surface area contributed by atoms with E-state index in [0.717, 1.165) is 17.9 Å². The van der Waals surface area contributed by atoms with Crippen LogP contribution in [0.5, 0.6) is 0 Å². The molecule has 0 bridgehead atoms. The Bertz CT molecular complexity index is 435. The van der Waals surface area contributed by atoms with E-state index in [1.165, 1.54) is 6.07 Å². The number of thioether (sulfide) groups is 1. The van der Waals surface area contributed by atoms with Crippen LogP contribution >= 0.6 is 11.8 Å². The SMILES string of the molecule is CCSCCS(=O)c1ccc(C(F)(F)F)cc1N. The number of halogens is 3. The zero-order chi connectivity index (χ0) is 13.8. The van der Waals surface area contributed by atoms with Crippen LogP contribution in [0.1, 0.15) is 12.5 Å². The van der Waals surface area contributed by atoms with E-state index in [-0.39, 0.29) is 10.6 Å². The molecule has 1 aromatic carbocycles. The van der Waals surface area contributed by atoms with Crippen molar-refractivity contribution in [2.24, 2.45) is 0 Å². The van der Waals surface area contributed by atoms with Crippen LogP contribution in [0, 0.1) is 0 Å². The first kappa shape index (κ1) is 15.4. The van der Waals surface area contributed by atoms with Crippen molar-refractivity contribution >= 4 is 28.2 Å². The molecule has 0 saturated carbocycles. The maximum Gasteiger partial charge on any atom is 0.416 e. The average molecular weight is 297 g/mol. The highest BCUT2D eigenvalue weighted by molar-refractivity contribution is 8.00. The fourth-order valence-electron chi connectivity index (χ4n) is 1.32. The summed E-state index contributed by atoms with van der Waals surface area (Å²) in [6, 6.07) is 2.95. The van der Waals surface area contributed by atoms with Crippen molar-refractivity contribution in [3.8, 4) is 0 Å². The molecule has 0 amide bonds. The lowest BCUT2D eigenvalue weighted by atomic mass is 10.2. The molecule has 0 aromatic heterocycles. The predicted molar refractivity (Wildman–Crippen MR) is 70.1 cm³/mol. The number of nitrogens with two attached hydrogens (primary N) is 1. The Hall–Kier alpha value is -0.690. The third kappa shape index (κ3) is 4.20. The monoisotopic (exact) mass is 297 g/mol. The van der Waals surface area contributed by atoms with Crippen LogP contribution in [0.25, 0.3) is 0 Å². The fraction of sp³-hybridized carbons (Fsp3) is 0.455. The second kappa shape index (κ2) is 6.47. The maximum absolute atomic E-state index is 12.4. The standard InChI is InChI=1S/C11H14F3NOS2/c1-2-17-5-6-18(16)10-4-3-8(7-9(10)15)11(12,13)14/h3-4,7H,2,5-6,15H2,1H3. The van der Waals surface area contributed by atoms with Crippen molar-refractivity contribution in [1.82, 2.24) is 0 Å². The van der Waals surface area contributed by atoms with Gasteiger partial charge in [-0.1, -0.05) is 6.92 Å². The Morgan fingerprint density at radius 1 is 1.39 bits per heavy atom. The van der Waals surface area contributed by atoms with Crippen LogP contribution in [0.2, 0.25) is 0 Å². The highest BCUT2D eigenvalue weighted by atomic mass is 32.2. The molecule has 1 unspecified atom stereocenters. The first-order chi connectivity index (χ1) is 8.36. The second-order valence-electron chi connectivity index (χ2n) is 3.50. The van der Waals surface area contributed by atoms with Gasteiger partial charge in [0.25, 0.3) is 0 Å². The van der Waals surface area contributed by atoms with E-state index in [2.05, 4.69) is 0 Å². The highest BCUT2D eigenvalue weighted by Gasteiger charge is 2.31. The summed E-state index contributed by atoms with van der Waals surface area (Å²) in [7, 11) is -1.34. The lowest BCUT2D eigenvalue weighted by Crippen LogP contribution is -2.09.